The van der Waals surface area contributed by atoms with Gasteiger partial charge in [-0.25, -0.2) is 8.42 Å². The molecule has 0 bridgehead atoms. The third-order valence-electron chi connectivity index (χ3n) is 3.95. The molecule has 6 heteroatoms. The summed E-state index contributed by atoms with van der Waals surface area (Å²) in [5.41, 5.74) is 6.04. The van der Waals surface area contributed by atoms with Gasteiger partial charge in [0.05, 0.1) is 5.69 Å². The molecule has 0 aliphatic carbocycles. The van der Waals surface area contributed by atoms with Crippen LogP contribution in [-0.4, -0.2) is 30.3 Å². The number of aromatic nitrogens is 1. The van der Waals surface area contributed by atoms with Crippen LogP contribution in [0, 0.1) is 11.8 Å². The van der Waals surface area contributed by atoms with E-state index in [1.165, 1.54) is 18.5 Å². The maximum absolute atomic E-state index is 12.7. The summed E-state index contributed by atoms with van der Waals surface area (Å²) in [4.78, 5) is 4.00. The number of rotatable bonds is 2. The summed E-state index contributed by atoms with van der Waals surface area (Å²) < 4.78 is 27.0. The van der Waals surface area contributed by atoms with Gasteiger partial charge in [-0.15, -0.1) is 0 Å². The molecule has 3 atom stereocenters. The zero-order valence-electron chi connectivity index (χ0n) is 11.6. The van der Waals surface area contributed by atoms with Crippen LogP contribution < -0.4 is 5.73 Å². The normalized spacial score (nSPS) is 29.3. The predicted molar refractivity (Wildman–Crippen MR) is 74.9 cm³/mol. The van der Waals surface area contributed by atoms with Crippen molar-refractivity contribution >= 4 is 15.7 Å². The number of nitrogen functional groups attached to an aromatic ring is 1. The van der Waals surface area contributed by atoms with Gasteiger partial charge in [0.25, 0.3) is 0 Å². The fourth-order valence-electron chi connectivity index (χ4n) is 2.71. The molecule has 1 aliphatic rings. The highest BCUT2D eigenvalue weighted by molar-refractivity contribution is 7.89. The van der Waals surface area contributed by atoms with Crippen LogP contribution in [0.3, 0.4) is 0 Å². The fourth-order valence-corrected chi connectivity index (χ4v) is 4.62. The molecule has 0 amide bonds. The van der Waals surface area contributed by atoms with Crippen molar-refractivity contribution < 1.29 is 8.42 Å². The Hall–Kier alpha value is -1.14. The minimum atomic E-state index is -3.56. The van der Waals surface area contributed by atoms with Gasteiger partial charge in [-0.1, -0.05) is 13.8 Å². The van der Waals surface area contributed by atoms with Gasteiger partial charge in [0.2, 0.25) is 10.0 Å². The van der Waals surface area contributed by atoms with Crippen molar-refractivity contribution in [1.82, 2.24) is 9.29 Å². The zero-order valence-corrected chi connectivity index (χ0v) is 12.4. The number of pyridine rings is 1. The van der Waals surface area contributed by atoms with Crippen LogP contribution in [0.25, 0.3) is 0 Å². The fraction of sp³-hybridized carbons (Fsp3) is 0.615. The van der Waals surface area contributed by atoms with E-state index in [2.05, 4.69) is 18.8 Å². The Morgan fingerprint density at radius 3 is 2.68 bits per heavy atom. The second kappa shape index (κ2) is 5.09. The Bertz CT molecular complexity index is 559. The van der Waals surface area contributed by atoms with Crippen LogP contribution in [-0.2, 0) is 10.0 Å². The van der Waals surface area contributed by atoms with E-state index >= 15 is 0 Å². The van der Waals surface area contributed by atoms with Crippen LogP contribution in [0.5, 0.6) is 0 Å². The van der Waals surface area contributed by atoms with Gasteiger partial charge in [-0.3, -0.25) is 4.98 Å². The summed E-state index contributed by atoms with van der Waals surface area (Å²) >= 11 is 0. The zero-order chi connectivity index (χ0) is 14.2. The van der Waals surface area contributed by atoms with E-state index < -0.39 is 10.0 Å². The number of piperidine rings is 1. The minimum absolute atomic E-state index is 0.0131. The van der Waals surface area contributed by atoms with Gasteiger partial charge in [0, 0.05) is 25.0 Å². The van der Waals surface area contributed by atoms with Crippen molar-refractivity contribution in [3.05, 3.63) is 18.5 Å². The minimum Gasteiger partial charge on any atom is -0.398 e. The van der Waals surface area contributed by atoms with Crippen molar-refractivity contribution in [3.63, 3.8) is 0 Å². The van der Waals surface area contributed by atoms with E-state index in [4.69, 9.17) is 5.73 Å². The summed E-state index contributed by atoms with van der Waals surface area (Å²) in [5.74, 6) is 0.704. The monoisotopic (exact) mass is 283 g/mol. The molecule has 106 valence electrons. The first-order chi connectivity index (χ1) is 8.84. The van der Waals surface area contributed by atoms with Crippen LogP contribution >= 0.6 is 0 Å². The van der Waals surface area contributed by atoms with Crippen LogP contribution in [0.1, 0.15) is 27.2 Å². The maximum Gasteiger partial charge on any atom is 0.246 e. The number of hydrogen-bond acceptors (Lipinski definition) is 4. The molecule has 2 heterocycles. The SMILES string of the molecule is CC1CC(C)C(C)N(S(=O)(=O)c2cnccc2N)C1. The average molecular weight is 283 g/mol. The van der Waals surface area contributed by atoms with E-state index in [0.29, 0.717) is 18.4 Å². The van der Waals surface area contributed by atoms with Crippen LogP contribution in [0.4, 0.5) is 5.69 Å². The van der Waals surface area contributed by atoms with Crippen LogP contribution in [0.2, 0.25) is 0 Å². The molecule has 1 fully saturated rings. The first-order valence-corrected chi connectivity index (χ1v) is 7.99. The third kappa shape index (κ3) is 2.60. The van der Waals surface area contributed by atoms with Gasteiger partial charge in [0.1, 0.15) is 4.90 Å². The Kier molecular flexibility index (Phi) is 3.82. The molecule has 1 aliphatic heterocycles. The molecule has 3 unspecified atom stereocenters. The van der Waals surface area contributed by atoms with Gasteiger partial charge in [0.15, 0.2) is 0 Å². The molecule has 0 aromatic carbocycles. The van der Waals surface area contributed by atoms with Gasteiger partial charge < -0.3 is 5.73 Å². The van der Waals surface area contributed by atoms with E-state index in [9.17, 15) is 8.42 Å². The molecule has 1 aromatic rings. The van der Waals surface area contributed by atoms with E-state index in [0.717, 1.165) is 6.42 Å². The lowest BCUT2D eigenvalue weighted by Gasteiger charge is -2.40. The van der Waals surface area contributed by atoms with E-state index in [1.807, 2.05) is 6.92 Å². The third-order valence-corrected chi connectivity index (χ3v) is 5.94. The van der Waals surface area contributed by atoms with Crippen molar-refractivity contribution in [2.24, 2.45) is 11.8 Å². The topological polar surface area (TPSA) is 76.3 Å². The standard InChI is InChI=1S/C13H21N3O2S/c1-9-6-10(2)11(3)16(8-9)19(17,18)13-7-15-5-4-12(13)14/h4-5,7,9-11H,6,8H2,1-3H3,(H2,14,15). The summed E-state index contributed by atoms with van der Waals surface area (Å²) in [6.45, 7) is 6.68. The second-order valence-electron chi connectivity index (χ2n) is 5.55. The van der Waals surface area contributed by atoms with E-state index in [-0.39, 0.29) is 16.6 Å². The van der Waals surface area contributed by atoms with Crippen molar-refractivity contribution in [3.8, 4) is 0 Å². The Balaban J connectivity index is 2.42. The summed E-state index contributed by atoms with van der Waals surface area (Å²) in [7, 11) is -3.56. The Morgan fingerprint density at radius 1 is 1.37 bits per heavy atom. The Labute approximate surface area is 114 Å². The number of anilines is 1. The first-order valence-electron chi connectivity index (χ1n) is 6.55. The summed E-state index contributed by atoms with van der Waals surface area (Å²) in [6, 6.07) is 1.51. The summed E-state index contributed by atoms with van der Waals surface area (Å²) in [6.07, 6.45) is 3.89. The predicted octanol–water partition coefficient (Wildman–Crippen LogP) is 1.72. The average Bonchev–Trinajstić information content (AvgIpc) is 2.34. The molecule has 5 nitrogen and oxygen atoms in total. The lowest BCUT2D eigenvalue weighted by Crippen LogP contribution is -2.48. The largest absolute Gasteiger partial charge is 0.398 e. The van der Waals surface area contributed by atoms with Crippen molar-refractivity contribution in [2.45, 2.75) is 38.1 Å². The van der Waals surface area contributed by atoms with Crippen molar-refractivity contribution in [1.29, 1.82) is 0 Å². The van der Waals surface area contributed by atoms with Gasteiger partial charge in [-0.2, -0.15) is 4.31 Å². The van der Waals surface area contributed by atoms with Gasteiger partial charge >= 0.3 is 0 Å². The molecule has 0 saturated carbocycles. The molecular weight excluding hydrogens is 262 g/mol. The van der Waals surface area contributed by atoms with Crippen LogP contribution in [0.15, 0.2) is 23.4 Å². The molecule has 1 saturated heterocycles. The first kappa shape index (κ1) is 14.3. The number of sulfonamides is 1. The lowest BCUT2D eigenvalue weighted by atomic mass is 9.88. The number of nitrogens with two attached hydrogens (primary N) is 1. The molecular formula is C13H21N3O2S. The van der Waals surface area contributed by atoms with E-state index in [1.54, 1.807) is 4.31 Å². The highest BCUT2D eigenvalue weighted by Crippen LogP contribution is 2.32. The summed E-state index contributed by atoms with van der Waals surface area (Å²) in [5, 5.41) is 0. The maximum atomic E-state index is 12.7. The Morgan fingerprint density at radius 2 is 2.05 bits per heavy atom. The lowest BCUT2D eigenvalue weighted by molar-refractivity contribution is 0.157. The number of hydrogen-bond donors (Lipinski definition) is 1. The molecule has 2 rings (SSSR count). The highest BCUT2D eigenvalue weighted by atomic mass is 32.2. The molecule has 2 N–H and O–H groups in total. The van der Waals surface area contributed by atoms with Crippen molar-refractivity contribution in [2.75, 3.05) is 12.3 Å². The smallest absolute Gasteiger partial charge is 0.246 e. The second-order valence-corrected chi connectivity index (χ2v) is 7.41. The number of nitrogens with zero attached hydrogens (tertiary/aromatic N) is 2. The highest BCUT2D eigenvalue weighted by Gasteiger charge is 2.37. The molecule has 1 aromatic heterocycles. The van der Waals surface area contributed by atoms with Gasteiger partial charge in [-0.05, 0) is 31.2 Å². The molecule has 19 heavy (non-hydrogen) atoms. The molecule has 0 radical (unpaired) electrons. The molecule has 0 spiro atoms. The quantitative estimate of drug-likeness (QED) is 0.896.